The molecule has 0 atom stereocenters. The molecule has 0 radical (unpaired) electrons. The van der Waals surface area contributed by atoms with Gasteiger partial charge in [-0.05, 0) is 25.5 Å². The van der Waals surface area contributed by atoms with Crippen LogP contribution in [0.5, 0.6) is 0 Å². The lowest BCUT2D eigenvalue weighted by atomic mass is 10.1. The summed E-state index contributed by atoms with van der Waals surface area (Å²) in [5.74, 6) is -0.432. The zero-order valence-corrected chi connectivity index (χ0v) is 11.0. The summed E-state index contributed by atoms with van der Waals surface area (Å²) in [7, 11) is 0. The summed E-state index contributed by atoms with van der Waals surface area (Å²) < 4.78 is 0. The Morgan fingerprint density at radius 2 is 2.11 bits per heavy atom. The van der Waals surface area contributed by atoms with Crippen LogP contribution in [0.1, 0.15) is 19.4 Å². The fraction of sp³-hybridized carbons (Fsp3) is 0.417. The Kier molecular flexibility index (Phi) is 4.82. The molecule has 0 unspecified atom stereocenters. The van der Waals surface area contributed by atoms with Gasteiger partial charge in [-0.1, -0.05) is 6.07 Å². The molecular weight excluding hydrogens is 248 g/mol. The summed E-state index contributed by atoms with van der Waals surface area (Å²) >= 11 is 0. The van der Waals surface area contributed by atoms with Gasteiger partial charge < -0.3 is 11.5 Å². The molecule has 0 saturated carbocycles. The molecule has 0 saturated heterocycles. The van der Waals surface area contributed by atoms with Crippen molar-refractivity contribution < 1.29 is 9.72 Å². The van der Waals surface area contributed by atoms with E-state index < -0.39 is 10.8 Å². The molecule has 0 bridgehead atoms. The molecule has 7 heteroatoms. The fourth-order valence-corrected chi connectivity index (χ4v) is 1.70. The number of nitro groups is 1. The SMILES string of the molecule is CC(C)N(CC(N)=O)Cc1ccc(N)c([N+](=O)[O-])c1. The molecule has 1 aromatic carbocycles. The number of hydrogen-bond donors (Lipinski definition) is 2. The number of nitro benzene ring substituents is 1. The standard InChI is InChI=1S/C12H18N4O3/c1-8(2)15(7-12(14)17)6-9-3-4-10(13)11(5-9)16(18)19/h3-5,8H,6-7,13H2,1-2H3,(H2,14,17). The van der Waals surface area contributed by atoms with Crippen molar-refractivity contribution in [3.8, 4) is 0 Å². The summed E-state index contributed by atoms with van der Waals surface area (Å²) in [6.07, 6.45) is 0. The van der Waals surface area contributed by atoms with Gasteiger partial charge >= 0.3 is 0 Å². The van der Waals surface area contributed by atoms with E-state index in [2.05, 4.69) is 0 Å². The monoisotopic (exact) mass is 266 g/mol. The first-order valence-electron chi connectivity index (χ1n) is 5.86. The van der Waals surface area contributed by atoms with E-state index in [0.717, 1.165) is 5.56 Å². The lowest BCUT2D eigenvalue weighted by Gasteiger charge is -2.24. The molecule has 1 aromatic rings. The minimum absolute atomic E-state index is 0.101. The maximum Gasteiger partial charge on any atom is 0.292 e. The molecule has 0 spiro atoms. The van der Waals surface area contributed by atoms with Crippen LogP contribution in [0, 0.1) is 10.1 Å². The quantitative estimate of drug-likeness (QED) is 0.450. The summed E-state index contributed by atoms with van der Waals surface area (Å²) in [6, 6.07) is 4.73. The minimum atomic E-state index is -0.521. The topological polar surface area (TPSA) is 115 Å². The number of nitrogens with two attached hydrogens (primary N) is 2. The van der Waals surface area contributed by atoms with E-state index in [4.69, 9.17) is 11.5 Å². The number of anilines is 1. The maximum atomic E-state index is 11.0. The second-order valence-electron chi connectivity index (χ2n) is 4.62. The van der Waals surface area contributed by atoms with Gasteiger partial charge in [0.25, 0.3) is 5.69 Å². The number of nitrogen functional groups attached to an aromatic ring is 1. The molecule has 1 amide bonds. The van der Waals surface area contributed by atoms with Crippen LogP contribution in [-0.2, 0) is 11.3 Å². The van der Waals surface area contributed by atoms with Crippen LogP contribution < -0.4 is 11.5 Å². The molecule has 7 nitrogen and oxygen atoms in total. The van der Waals surface area contributed by atoms with E-state index in [1.54, 1.807) is 6.07 Å². The summed E-state index contributed by atoms with van der Waals surface area (Å²) in [4.78, 5) is 23.1. The first kappa shape index (κ1) is 14.9. The van der Waals surface area contributed by atoms with E-state index in [9.17, 15) is 14.9 Å². The van der Waals surface area contributed by atoms with Crippen LogP contribution in [0.4, 0.5) is 11.4 Å². The normalized spacial score (nSPS) is 10.9. The average molecular weight is 266 g/mol. The van der Waals surface area contributed by atoms with Crippen LogP contribution >= 0.6 is 0 Å². The lowest BCUT2D eigenvalue weighted by molar-refractivity contribution is -0.384. The highest BCUT2D eigenvalue weighted by Gasteiger charge is 2.16. The molecule has 0 aliphatic rings. The van der Waals surface area contributed by atoms with Crippen molar-refractivity contribution in [1.29, 1.82) is 0 Å². The number of benzene rings is 1. The molecule has 104 valence electrons. The first-order chi connectivity index (χ1) is 8.81. The number of rotatable bonds is 6. The van der Waals surface area contributed by atoms with Gasteiger partial charge in [0, 0.05) is 18.7 Å². The predicted molar refractivity (Wildman–Crippen MR) is 72.2 cm³/mol. The molecule has 1 rings (SSSR count). The van der Waals surface area contributed by atoms with Crippen molar-refractivity contribution in [3.63, 3.8) is 0 Å². The van der Waals surface area contributed by atoms with Gasteiger partial charge in [0.15, 0.2) is 0 Å². The van der Waals surface area contributed by atoms with Gasteiger partial charge in [0.1, 0.15) is 5.69 Å². The zero-order valence-electron chi connectivity index (χ0n) is 11.0. The number of primary amides is 1. The van der Waals surface area contributed by atoms with Gasteiger partial charge in [0.05, 0.1) is 11.5 Å². The van der Waals surface area contributed by atoms with Crippen molar-refractivity contribution in [1.82, 2.24) is 4.90 Å². The van der Waals surface area contributed by atoms with Crippen molar-refractivity contribution in [2.45, 2.75) is 26.4 Å². The van der Waals surface area contributed by atoms with Gasteiger partial charge in [-0.15, -0.1) is 0 Å². The lowest BCUT2D eigenvalue weighted by Crippen LogP contribution is -2.37. The van der Waals surface area contributed by atoms with Crippen LogP contribution in [0.3, 0.4) is 0 Å². The molecule has 4 N–H and O–H groups in total. The van der Waals surface area contributed by atoms with Crippen molar-refractivity contribution in [2.24, 2.45) is 5.73 Å². The molecule has 19 heavy (non-hydrogen) atoms. The molecule has 0 aromatic heterocycles. The zero-order chi connectivity index (χ0) is 14.6. The Bertz CT molecular complexity index is 488. The Morgan fingerprint density at radius 1 is 1.47 bits per heavy atom. The molecule has 0 aliphatic heterocycles. The minimum Gasteiger partial charge on any atom is -0.393 e. The van der Waals surface area contributed by atoms with E-state index in [1.807, 2.05) is 18.7 Å². The third-order valence-electron chi connectivity index (χ3n) is 2.77. The number of nitrogens with zero attached hydrogens (tertiary/aromatic N) is 2. The van der Waals surface area contributed by atoms with Crippen molar-refractivity contribution >= 4 is 17.3 Å². The van der Waals surface area contributed by atoms with E-state index >= 15 is 0 Å². The van der Waals surface area contributed by atoms with Crippen LogP contribution in [0.15, 0.2) is 18.2 Å². The van der Waals surface area contributed by atoms with E-state index in [1.165, 1.54) is 12.1 Å². The Hall–Kier alpha value is -2.15. The molecule has 0 fully saturated rings. The van der Waals surface area contributed by atoms with E-state index in [0.29, 0.717) is 6.54 Å². The summed E-state index contributed by atoms with van der Waals surface area (Å²) in [5.41, 5.74) is 11.4. The number of hydrogen-bond acceptors (Lipinski definition) is 5. The van der Waals surface area contributed by atoms with Crippen LogP contribution in [-0.4, -0.2) is 28.3 Å². The van der Waals surface area contributed by atoms with Crippen LogP contribution in [0.25, 0.3) is 0 Å². The summed E-state index contributed by atoms with van der Waals surface area (Å²) in [5, 5.41) is 10.8. The second kappa shape index (κ2) is 6.14. The van der Waals surface area contributed by atoms with Gasteiger partial charge in [-0.3, -0.25) is 19.8 Å². The Morgan fingerprint density at radius 3 is 2.58 bits per heavy atom. The second-order valence-corrected chi connectivity index (χ2v) is 4.62. The number of carbonyl (C=O) groups is 1. The first-order valence-corrected chi connectivity index (χ1v) is 5.86. The molecule has 0 aliphatic carbocycles. The smallest absolute Gasteiger partial charge is 0.292 e. The molecular formula is C12H18N4O3. The van der Waals surface area contributed by atoms with Crippen LogP contribution in [0.2, 0.25) is 0 Å². The Balaban J connectivity index is 2.93. The average Bonchev–Trinajstić information content (AvgIpc) is 2.29. The highest BCUT2D eigenvalue weighted by molar-refractivity contribution is 5.76. The fourth-order valence-electron chi connectivity index (χ4n) is 1.70. The maximum absolute atomic E-state index is 11.0. The third-order valence-corrected chi connectivity index (χ3v) is 2.77. The molecule has 0 heterocycles. The highest BCUT2D eigenvalue weighted by atomic mass is 16.6. The predicted octanol–water partition coefficient (Wildman–Crippen LogP) is 0.873. The van der Waals surface area contributed by atoms with Gasteiger partial charge in [-0.25, -0.2) is 0 Å². The summed E-state index contributed by atoms with van der Waals surface area (Å²) in [6.45, 7) is 4.36. The number of amides is 1. The van der Waals surface area contributed by atoms with E-state index in [-0.39, 0.29) is 24.0 Å². The van der Waals surface area contributed by atoms with Gasteiger partial charge in [-0.2, -0.15) is 0 Å². The van der Waals surface area contributed by atoms with Crippen molar-refractivity contribution in [3.05, 3.63) is 33.9 Å². The third kappa shape index (κ3) is 4.22. The largest absolute Gasteiger partial charge is 0.393 e. The van der Waals surface area contributed by atoms with Gasteiger partial charge in [0.2, 0.25) is 5.91 Å². The van der Waals surface area contributed by atoms with Crippen molar-refractivity contribution in [2.75, 3.05) is 12.3 Å². The Labute approximate surface area is 111 Å². The highest BCUT2D eigenvalue weighted by Crippen LogP contribution is 2.23. The number of carbonyl (C=O) groups excluding carboxylic acids is 1.